The van der Waals surface area contributed by atoms with Crippen LogP contribution < -0.4 is 5.32 Å². The normalized spacial score (nSPS) is 9.55. The first kappa shape index (κ1) is 7.59. The summed E-state index contributed by atoms with van der Waals surface area (Å²) >= 11 is 0. The fourth-order valence-corrected chi connectivity index (χ4v) is 0.741. The summed E-state index contributed by atoms with van der Waals surface area (Å²) in [6, 6.07) is 0. The van der Waals surface area contributed by atoms with Crippen molar-refractivity contribution < 1.29 is 9.90 Å². The van der Waals surface area contributed by atoms with Crippen molar-refractivity contribution in [2.75, 3.05) is 0 Å². The van der Waals surface area contributed by atoms with Gasteiger partial charge < -0.3 is 10.4 Å². The van der Waals surface area contributed by atoms with E-state index < -0.39 is 6.09 Å². The van der Waals surface area contributed by atoms with Crippen LogP contribution in [0.2, 0.25) is 0 Å². The molecule has 0 saturated heterocycles. The number of carbonyl (C=O) groups is 1. The zero-order chi connectivity index (χ0) is 8.27. The lowest BCUT2D eigenvalue weighted by atomic mass is 10.4. The molecule has 0 spiro atoms. The molecule has 1 aromatic heterocycles. The number of aryl methyl sites for hydroxylation is 1. The zero-order valence-electron chi connectivity index (χ0n) is 6.11. The van der Waals surface area contributed by atoms with Crippen molar-refractivity contribution in [3.05, 3.63) is 18.0 Å². The van der Waals surface area contributed by atoms with Gasteiger partial charge in [0.2, 0.25) is 0 Å². The van der Waals surface area contributed by atoms with E-state index in [1.165, 1.54) is 0 Å². The first-order valence-corrected chi connectivity index (χ1v) is 3.13. The lowest BCUT2D eigenvalue weighted by Gasteiger charge is -1.94. The zero-order valence-corrected chi connectivity index (χ0v) is 6.11. The van der Waals surface area contributed by atoms with Gasteiger partial charge in [-0.3, -0.25) is 4.68 Å². The van der Waals surface area contributed by atoms with Gasteiger partial charge in [0.25, 0.3) is 0 Å². The van der Waals surface area contributed by atoms with E-state index in [-0.39, 0.29) is 0 Å². The van der Waals surface area contributed by atoms with E-state index in [4.69, 9.17) is 5.11 Å². The molecule has 0 fully saturated rings. The Morgan fingerprint density at radius 1 is 1.91 bits per heavy atom. The van der Waals surface area contributed by atoms with Gasteiger partial charge in [-0.15, -0.1) is 0 Å². The molecular formula is C6H9N3O2. The van der Waals surface area contributed by atoms with Gasteiger partial charge in [0.05, 0.1) is 6.20 Å². The predicted octanol–water partition coefficient (Wildman–Crippen LogP) is 0.188. The molecule has 1 aromatic rings. The van der Waals surface area contributed by atoms with Crippen LogP contribution in [0.15, 0.2) is 12.4 Å². The van der Waals surface area contributed by atoms with E-state index in [2.05, 4.69) is 10.4 Å². The molecule has 5 heteroatoms. The fourth-order valence-electron chi connectivity index (χ4n) is 0.741. The van der Waals surface area contributed by atoms with Crippen molar-refractivity contribution in [3.8, 4) is 0 Å². The summed E-state index contributed by atoms with van der Waals surface area (Å²) in [6.45, 7) is 0.309. The van der Waals surface area contributed by atoms with Crippen LogP contribution in [0.25, 0.3) is 0 Å². The van der Waals surface area contributed by atoms with Crippen molar-refractivity contribution in [1.82, 2.24) is 15.1 Å². The van der Waals surface area contributed by atoms with Crippen LogP contribution in [0, 0.1) is 0 Å². The number of amides is 1. The Bertz CT molecular complexity index is 256. The van der Waals surface area contributed by atoms with Gasteiger partial charge in [-0.1, -0.05) is 0 Å². The quantitative estimate of drug-likeness (QED) is 0.640. The molecule has 0 atom stereocenters. The number of rotatable bonds is 2. The first-order chi connectivity index (χ1) is 5.18. The second-order valence-electron chi connectivity index (χ2n) is 2.18. The Morgan fingerprint density at radius 2 is 2.64 bits per heavy atom. The van der Waals surface area contributed by atoms with Gasteiger partial charge in [-0.25, -0.2) is 4.79 Å². The van der Waals surface area contributed by atoms with Crippen LogP contribution in [0.4, 0.5) is 4.79 Å². The molecule has 0 radical (unpaired) electrons. The molecule has 2 N–H and O–H groups in total. The molecule has 0 bridgehead atoms. The van der Waals surface area contributed by atoms with Gasteiger partial charge in [0, 0.05) is 25.4 Å². The van der Waals surface area contributed by atoms with Crippen molar-refractivity contribution >= 4 is 6.09 Å². The van der Waals surface area contributed by atoms with Gasteiger partial charge in [0.15, 0.2) is 0 Å². The third kappa shape index (κ3) is 2.29. The second-order valence-corrected chi connectivity index (χ2v) is 2.18. The van der Waals surface area contributed by atoms with Crippen molar-refractivity contribution in [1.29, 1.82) is 0 Å². The molecule has 60 valence electrons. The van der Waals surface area contributed by atoms with E-state index in [1.54, 1.807) is 24.1 Å². The van der Waals surface area contributed by atoms with E-state index in [0.29, 0.717) is 6.54 Å². The summed E-state index contributed by atoms with van der Waals surface area (Å²) < 4.78 is 1.62. The molecule has 0 aliphatic heterocycles. The third-order valence-electron chi connectivity index (χ3n) is 1.20. The number of nitrogens with zero attached hydrogens (tertiary/aromatic N) is 2. The average Bonchev–Trinajstić information content (AvgIpc) is 2.31. The highest BCUT2D eigenvalue weighted by Gasteiger charge is 1.97. The van der Waals surface area contributed by atoms with Crippen LogP contribution in [0.1, 0.15) is 5.56 Å². The van der Waals surface area contributed by atoms with Crippen LogP contribution in [-0.2, 0) is 13.6 Å². The van der Waals surface area contributed by atoms with E-state index >= 15 is 0 Å². The maximum Gasteiger partial charge on any atom is 0.404 e. The van der Waals surface area contributed by atoms with E-state index in [9.17, 15) is 4.79 Å². The Balaban J connectivity index is 2.45. The molecule has 0 saturated carbocycles. The summed E-state index contributed by atoms with van der Waals surface area (Å²) in [4.78, 5) is 10.0. The number of hydrogen-bond acceptors (Lipinski definition) is 2. The molecule has 0 aliphatic rings. The van der Waals surface area contributed by atoms with Gasteiger partial charge in [0.1, 0.15) is 0 Å². The molecule has 5 nitrogen and oxygen atoms in total. The molecule has 1 heterocycles. The molecule has 11 heavy (non-hydrogen) atoms. The monoisotopic (exact) mass is 155 g/mol. The summed E-state index contributed by atoms with van der Waals surface area (Å²) in [6.07, 6.45) is 2.36. The summed E-state index contributed by atoms with van der Waals surface area (Å²) in [5.74, 6) is 0. The van der Waals surface area contributed by atoms with Crippen molar-refractivity contribution in [2.24, 2.45) is 7.05 Å². The number of carboxylic acid groups (broad SMARTS) is 1. The topological polar surface area (TPSA) is 67.2 Å². The molecule has 1 rings (SSSR count). The maximum absolute atomic E-state index is 10.0. The highest BCUT2D eigenvalue weighted by molar-refractivity contribution is 5.64. The third-order valence-corrected chi connectivity index (χ3v) is 1.20. The minimum atomic E-state index is -1.02. The van der Waals surface area contributed by atoms with Crippen LogP contribution >= 0.6 is 0 Å². The number of nitrogens with one attached hydrogen (secondary N) is 1. The average molecular weight is 155 g/mol. The lowest BCUT2D eigenvalue weighted by molar-refractivity contribution is 0.194. The minimum absolute atomic E-state index is 0.309. The molecule has 0 aliphatic carbocycles. The Hall–Kier alpha value is -1.52. The fraction of sp³-hybridized carbons (Fsp3) is 0.333. The highest BCUT2D eigenvalue weighted by Crippen LogP contribution is 1.93. The van der Waals surface area contributed by atoms with E-state index in [0.717, 1.165) is 5.56 Å². The van der Waals surface area contributed by atoms with Gasteiger partial charge in [-0.05, 0) is 0 Å². The predicted molar refractivity (Wildman–Crippen MR) is 38.1 cm³/mol. The molecular weight excluding hydrogens is 146 g/mol. The maximum atomic E-state index is 10.0. The SMILES string of the molecule is Cn1cc(CNC(=O)O)cn1. The van der Waals surface area contributed by atoms with Crippen LogP contribution in [0.3, 0.4) is 0 Å². The highest BCUT2D eigenvalue weighted by atomic mass is 16.4. The van der Waals surface area contributed by atoms with Gasteiger partial charge >= 0.3 is 6.09 Å². The Kier molecular flexibility index (Phi) is 2.10. The van der Waals surface area contributed by atoms with Crippen LogP contribution in [-0.4, -0.2) is 21.0 Å². The van der Waals surface area contributed by atoms with Crippen molar-refractivity contribution in [3.63, 3.8) is 0 Å². The largest absolute Gasteiger partial charge is 0.465 e. The van der Waals surface area contributed by atoms with Gasteiger partial charge in [-0.2, -0.15) is 5.10 Å². The van der Waals surface area contributed by atoms with Crippen molar-refractivity contribution in [2.45, 2.75) is 6.54 Å². The number of aromatic nitrogens is 2. The minimum Gasteiger partial charge on any atom is -0.465 e. The molecule has 0 unspecified atom stereocenters. The lowest BCUT2D eigenvalue weighted by Crippen LogP contribution is -2.19. The second kappa shape index (κ2) is 3.05. The summed E-state index contributed by atoms with van der Waals surface area (Å²) in [7, 11) is 1.78. The molecule has 0 aromatic carbocycles. The smallest absolute Gasteiger partial charge is 0.404 e. The molecule has 1 amide bonds. The Morgan fingerprint density at radius 3 is 3.09 bits per heavy atom. The summed E-state index contributed by atoms with van der Waals surface area (Å²) in [5, 5.41) is 14.4. The number of hydrogen-bond donors (Lipinski definition) is 2. The Labute approximate surface area is 63.6 Å². The van der Waals surface area contributed by atoms with E-state index in [1.807, 2.05) is 0 Å². The first-order valence-electron chi connectivity index (χ1n) is 3.13. The van der Waals surface area contributed by atoms with Crippen LogP contribution in [0.5, 0.6) is 0 Å². The standard InChI is InChI=1S/C6H9N3O2/c1-9-4-5(3-8-9)2-7-6(10)11/h3-4,7H,2H2,1H3,(H,10,11). The summed E-state index contributed by atoms with van der Waals surface area (Å²) in [5.41, 5.74) is 0.856.